The van der Waals surface area contributed by atoms with Crippen LogP contribution in [0.25, 0.3) is 0 Å². The number of nitrogens with one attached hydrogen (secondary N) is 1. The topological polar surface area (TPSA) is 44.5 Å². The Bertz CT molecular complexity index is 549. The van der Waals surface area contributed by atoms with E-state index in [0.717, 1.165) is 30.6 Å². The molecule has 23 heavy (non-hydrogen) atoms. The molecule has 0 radical (unpaired) electrons. The average Bonchev–Trinajstić information content (AvgIpc) is 3.17. The summed E-state index contributed by atoms with van der Waals surface area (Å²) in [6.07, 6.45) is 8.86. The number of hydrogen-bond acceptors (Lipinski definition) is 4. The highest BCUT2D eigenvalue weighted by Gasteiger charge is 2.41. The van der Waals surface area contributed by atoms with Crippen LogP contribution in [0.3, 0.4) is 0 Å². The Morgan fingerprint density at radius 3 is 2.17 bits per heavy atom. The number of hydrogen-bond donors (Lipinski definition) is 2. The third kappa shape index (κ3) is 3.37. The molecule has 3 atom stereocenters. The zero-order valence-electron chi connectivity index (χ0n) is 14.2. The molecule has 0 bridgehead atoms. The zero-order chi connectivity index (χ0) is 16.2. The monoisotopic (exact) mass is 312 g/mol. The second-order valence-electron chi connectivity index (χ2n) is 6.33. The van der Waals surface area contributed by atoms with E-state index in [0.29, 0.717) is 6.17 Å². The quantitative estimate of drug-likeness (QED) is 0.824. The van der Waals surface area contributed by atoms with Gasteiger partial charge in [-0.15, -0.1) is 0 Å². The van der Waals surface area contributed by atoms with Gasteiger partial charge in [-0.2, -0.15) is 0 Å². The van der Waals surface area contributed by atoms with Gasteiger partial charge in [0.25, 0.3) is 0 Å². The fourth-order valence-corrected chi connectivity index (χ4v) is 3.81. The van der Waals surface area contributed by atoms with Crippen molar-refractivity contribution < 1.29 is 0 Å². The van der Waals surface area contributed by atoms with Crippen molar-refractivity contribution in [1.82, 2.24) is 10.2 Å². The van der Waals surface area contributed by atoms with E-state index in [-0.39, 0.29) is 0 Å². The number of nitrogens with two attached hydrogens (primary N) is 1. The minimum Gasteiger partial charge on any atom is -0.399 e. The molecule has 0 aliphatic carbocycles. The maximum atomic E-state index is 5.77. The molecule has 2 saturated heterocycles. The number of fused-ring (bicyclic) bond motifs is 1. The molecule has 3 N–H and O–H groups in total. The molecular weight excluding hydrogens is 284 g/mol. The number of anilines is 2. The first-order valence-electron chi connectivity index (χ1n) is 8.73. The largest absolute Gasteiger partial charge is 0.399 e. The van der Waals surface area contributed by atoms with Crippen molar-refractivity contribution in [2.45, 2.75) is 20.0 Å². The Balaban J connectivity index is 0.000000753. The zero-order valence-corrected chi connectivity index (χ0v) is 14.2. The summed E-state index contributed by atoms with van der Waals surface area (Å²) in [5, 5.41) is 3.43. The maximum absolute atomic E-state index is 5.77. The summed E-state index contributed by atoms with van der Waals surface area (Å²) in [6, 6.07) is 8.28. The Morgan fingerprint density at radius 2 is 1.61 bits per heavy atom. The van der Waals surface area contributed by atoms with E-state index in [9.17, 15) is 0 Å². The van der Waals surface area contributed by atoms with E-state index in [1.54, 1.807) is 0 Å². The molecule has 3 unspecified atom stereocenters. The van der Waals surface area contributed by atoms with Gasteiger partial charge in [0.15, 0.2) is 0 Å². The second-order valence-corrected chi connectivity index (χ2v) is 6.33. The van der Waals surface area contributed by atoms with Crippen molar-refractivity contribution in [2.75, 3.05) is 36.8 Å². The fourth-order valence-electron chi connectivity index (χ4n) is 3.81. The lowest BCUT2D eigenvalue weighted by atomic mass is 10.0. The van der Waals surface area contributed by atoms with Gasteiger partial charge in [-0.25, -0.2) is 0 Å². The predicted octanol–water partition coefficient (Wildman–Crippen LogP) is 2.66. The van der Waals surface area contributed by atoms with Crippen molar-refractivity contribution in [1.29, 1.82) is 0 Å². The lowest BCUT2D eigenvalue weighted by molar-refractivity contribution is 0.245. The molecule has 3 aliphatic heterocycles. The van der Waals surface area contributed by atoms with E-state index in [2.05, 4.69) is 45.5 Å². The highest BCUT2D eigenvalue weighted by Crippen LogP contribution is 2.34. The fraction of sp³-hybridized carbons (Fsp3) is 0.474. The molecule has 1 aromatic carbocycles. The number of rotatable bonds is 2. The first kappa shape index (κ1) is 15.9. The molecule has 4 rings (SSSR count). The van der Waals surface area contributed by atoms with E-state index in [4.69, 9.17) is 5.73 Å². The van der Waals surface area contributed by atoms with Gasteiger partial charge in [-0.3, -0.25) is 4.90 Å². The molecule has 0 amide bonds. The molecule has 0 saturated carbocycles. The molecule has 4 nitrogen and oxygen atoms in total. The Morgan fingerprint density at radius 1 is 0.957 bits per heavy atom. The first-order chi connectivity index (χ1) is 11.3. The van der Waals surface area contributed by atoms with E-state index in [1.165, 1.54) is 18.8 Å². The van der Waals surface area contributed by atoms with E-state index >= 15 is 0 Å². The summed E-state index contributed by atoms with van der Waals surface area (Å²) in [5.74, 6) is 1.56. The van der Waals surface area contributed by atoms with Gasteiger partial charge in [-0.05, 0) is 54.5 Å². The van der Waals surface area contributed by atoms with Crippen molar-refractivity contribution in [3.63, 3.8) is 0 Å². The molecule has 3 aliphatic rings. The number of allylic oxidation sites excluding steroid dienone is 2. The molecule has 124 valence electrons. The van der Waals surface area contributed by atoms with Crippen LogP contribution in [-0.2, 0) is 0 Å². The predicted molar refractivity (Wildman–Crippen MR) is 98.2 cm³/mol. The van der Waals surface area contributed by atoms with E-state index < -0.39 is 0 Å². The standard InChI is InChI=1S/C17H22N4.C2H6/c18-15-4-6-16(7-5-15)20-9-13-11-21(12-14(13)10-20)17-3-1-2-8-19-17;1-2/h1-8,13-14,17,19H,9-12,18H2;1-2H3. The lowest BCUT2D eigenvalue weighted by Crippen LogP contribution is -2.43. The summed E-state index contributed by atoms with van der Waals surface area (Å²) >= 11 is 0. The Hall–Kier alpha value is -1.94. The van der Waals surface area contributed by atoms with Crippen LogP contribution in [0.1, 0.15) is 13.8 Å². The SMILES string of the molecule is CC.Nc1ccc(N2CC3CN(C4C=CC=CN4)CC3C2)cc1. The van der Waals surface area contributed by atoms with Gasteiger partial charge >= 0.3 is 0 Å². The summed E-state index contributed by atoms with van der Waals surface area (Å²) in [6.45, 7) is 8.70. The van der Waals surface area contributed by atoms with Crippen molar-refractivity contribution >= 4 is 11.4 Å². The number of dihydropyridines is 1. The van der Waals surface area contributed by atoms with Crippen LogP contribution in [0.4, 0.5) is 11.4 Å². The molecule has 2 fully saturated rings. The minimum atomic E-state index is 0.380. The third-order valence-corrected chi connectivity index (χ3v) is 4.93. The molecular formula is C19H28N4. The lowest BCUT2D eigenvalue weighted by Gasteiger charge is -2.29. The molecule has 0 spiro atoms. The van der Waals surface area contributed by atoms with Crippen LogP contribution in [0.15, 0.2) is 48.7 Å². The van der Waals surface area contributed by atoms with Gasteiger partial charge in [0.05, 0.1) is 6.17 Å². The van der Waals surface area contributed by atoms with Crippen LogP contribution >= 0.6 is 0 Å². The van der Waals surface area contributed by atoms with Crippen LogP contribution < -0.4 is 16.0 Å². The average molecular weight is 312 g/mol. The molecule has 3 heterocycles. The van der Waals surface area contributed by atoms with Crippen LogP contribution in [0.5, 0.6) is 0 Å². The smallest absolute Gasteiger partial charge is 0.0985 e. The Labute approximate surface area is 139 Å². The van der Waals surface area contributed by atoms with Gasteiger partial charge < -0.3 is 16.0 Å². The van der Waals surface area contributed by atoms with Gasteiger partial charge in [0.2, 0.25) is 0 Å². The van der Waals surface area contributed by atoms with Gasteiger partial charge in [-0.1, -0.05) is 19.9 Å². The summed E-state index contributed by atoms with van der Waals surface area (Å²) < 4.78 is 0. The van der Waals surface area contributed by atoms with Crippen molar-refractivity contribution in [3.8, 4) is 0 Å². The number of nitrogen functional groups attached to an aromatic ring is 1. The van der Waals surface area contributed by atoms with Crippen molar-refractivity contribution in [2.24, 2.45) is 11.8 Å². The normalized spacial score (nSPS) is 29.0. The molecule has 1 aromatic rings. The number of benzene rings is 1. The summed E-state index contributed by atoms with van der Waals surface area (Å²) in [5.41, 5.74) is 7.92. The molecule has 0 aromatic heterocycles. The Kier molecular flexibility index (Phi) is 4.91. The summed E-state index contributed by atoms with van der Waals surface area (Å²) in [4.78, 5) is 5.08. The van der Waals surface area contributed by atoms with Crippen LogP contribution in [0.2, 0.25) is 0 Å². The van der Waals surface area contributed by atoms with Crippen molar-refractivity contribution in [3.05, 3.63) is 48.7 Å². The van der Waals surface area contributed by atoms with E-state index in [1.807, 2.05) is 32.2 Å². The van der Waals surface area contributed by atoms with Gasteiger partial charge in [0, 0.05) is 37.6 Å². The number of likely N-dealkylation sites (tertiary alicyclic amines) is 1. The maximum Gasteiger partial charge on any atom is 0.0985 e. The highest BCUT2D eigenvalue weighted by molar-refractivity contribution is 5.54. The molecule has 4 heteroatoms. The highest BCUT2D eigenvalue weighted by atomic mass is 15.3. The second kappa shape index (κ2) is 7.09. The van der Waals surface area contributed by atoms with Gasteiger partial charge in [0.1, 0.15) is 0 Å². The third-order valence-electron chi connectivity index (χ3n) is 4.93. The number of nitrogens with zero attached hydrogens (tertiary/aromatic N) is 2. The van der Waals surface area contributed by atoms with Crippen LogP contribution in [-0.4, -0.2) is 37.2 Å². The summed E-state index contributed by atoms with van der Waals surface area (Å²) in [7, 11) is 0. The minimum absolute atomic E-state index is 0.380. The first-order valence-corrected chi connectivity index (χ1v) is 8.73. The van der Waals surface area contributed by atoms with Crippen LogP contribution in [0, 0.1) is 11.8 Å².